The minimum Gasteiger partial charge on any atom is -0.361 e. The summed E-state index contributed by atoms with van der Waals surface area (Å²) in [7, 11) is 0. The van der Waals surface area contributed by atoms with E-state index in [9.17, 15) is 38.4 Å². The van der Waals surface area contributed by atoms with E-state index in [0.29, 0.717) is 29.9 Å². The maximum atomic E-state index is 13.9. The molecule has 4 rings (SSSR count). The molecule has 0 aliphatic heterocycles. The first-order chi connectivity index (χ1) is 30.4. The summed E-state index contributed by atoms with van der Waals surface area (Å²) < 4.78 is 0. The van der Waals surface area contributed by atoms with E-state index in [0.717, 1.165) is 10.9 Å². The molecule has 0 radical (unpaired) electrons. The average Bonchev–Trinajstić information content (AvgIpc) is 4.04. The molecule has 0 aliphatic rings. The van der Waals surface area contributed by atoms with Crippen LogP contribution >= 0.6 is 0 Å². The summed E-state index contributed by atoms with van der Waals surface area (Å²) in [6.07, 6.45) is 8.08. The van der Waals surface area contributed by atoms with E-state index < -0.39 is 96.0 Å². The number of imidazole rings is 2. The third kappa shape index (κ3) is 15.2. The summed E-state index contributed by atoms with van der Waals surface area (Å²) in [4.78, 5) is 123. The van der Waals surface area contributed by atoms with E-state index in [1.165, 1.54) is 38.9 Å². The fraction of sp³-hybridized carbons (Fsp3) is 0.488. The van der Waals surface area contributed by atoms with Crippen LogP contribution in [0.1, 0.15) is 71.8 Å². The number of para-hydroxylation sites is 1. The number of nitrogens with zero attached hydrogens (tertiary/aromatic N) is 2. The van der Waals surface area contributed by atoms with Crippen LogP contribution in [0.4, 0.5) is 0 Å². The van der Waals surface area contributed by atoms with Gasteiger partial charge < -0.3 is 52.2 Å². The molecule has 0 saturated carbocycles. The molecule has 0 unspecified atom stereocenters. The predicted molar refractivity (Wildman–Crippen MR) is 236 cm³/mol. The van der Waals surface area contributed by atoms with Crippen molar-refractivity contribution in [2.45, 2.75) is 110 Å². The van der Waals surface area contributed by atoms with Gasteiger partial charge in [-0.25, -0.2) is 9.97 Å². The Labute approximate surface area is 371 Å². The minimum absolute atomic E-state index is 0.0152. The number of aromatic amines is 3. The zero-order valence-corrected chi connectivity index (χ0v) is 37.2. The van der Waals surface area contributed by atoms with Gasteiger partial charge in [0, 0.05) is 67.1 Å². The number of hydrogen-bond acceptors (Lipinski definition) is 11. The second-order valence-corrected chi connectivity index (χ2v) is 16.3. The van der Waals surface area contributed by atoms with Crippen molar-refractivity contribution in [3.8, 4) is 0 Å². The standard InChI is InChI=1S/C43H61N13O8/c1-8-46-32(13-23(2)3)39(60)56-42(63)35(16-29-19-45-22-50-29)53-36(58)20-48-43(64)37(24(4)5)55-38(59)25(6)51-40(61)33(14-27-17-47-31-12-10-9-11-30(27)31)54-41(62)34(52-26(7)57)15-28-18-44-21-49-28/h9-12,17-19,21-25,32-35,37,46-47H,8,13-16,20H2,1-7H3,(H,44,49)(H,45,50)(H,48,64)(H,51,61)(H,52,57)(H,53,58)(H,54,62)(H,55,59)(H,56,60,63)/t25-,32-,33-,34-,35-,37-/m0/s1. The maximum absolute atomic E-state index is 13.9. The van der Waals surface area contributed by atoms with E-state index in [-0.39, 0.29) is 25.2 Å². The number of carbonyl (C=O) groups is 8. The molecule has 21 nitrogen and oxygen atoms in total. The lowest BCUT2D eigenvalue weighted by Crippen LogP contribution is -2.59. The van der Waals surface area contributed by atoms with Gasteiger partial charge in [0.1, 0.15) is 30.2 Å². The van der Waals surface area contributed by atoms with Crippen LogP contribution in [-0.4, -0.2) is 122 Å². The van der Waals surface area contributed by atoms with Crippen molar-refractivity contribution in [2.75, 3.05) is 13.1 Å². The first kappa shape index (κ1) is 49.8. The second kappa shape index (κ2) is 24.1. The lowest BCUT2D eigenvalue weighted by Gasteiger charge is -2.26. The third-order valence-corrected chi connectivity index (χ3v) is 10.2. The van der Waals surface area contributed by atoms with E-state index in [2.05, 4.69) is 67.5 Å². The Bertz CT molecular complexity index is 2200. The fourth-order valence-corrected chi connectivity index (χ4v) is 6.91. The Morgan fingerprint density at radius 2 is 1.23 bits per heavy atom. The topological polar surface area (TPSA) is 306 Å². The van der Waals surface area contributed by atoms with Crippen molar-refractivity contribution in [1.82, 2.24) is 67.5 Å². The Balaban J connectivity index is 1.41. The highest BCUT2D eigenvalue weighted by Crippen LogP contribution is 2.19. The Kier molecular flexibility index (Phi) is 18.7. The Morgan fingerprint density at radius 3 is 1.81 bits per heavy atom. The number of aromatic nitrogens is 5. The molecule has 4 aromatic rings. The smallest absolute Gasteiger partial charge is 0.249 e. The first-order valence-electron chi connectivity index (χ1n) is 21.3. The summed E-state index contributed by atoms with van der Waals surface area (Å²) in [5.74, 6) is -5.61. The zero-order valence-electron chi connectivity index (χ0n) is 37.2. The molecular formula is C43H61N13O8. The van der Waals surface area contributed by atoms with Gasteiger partial charge >= 0.3 is 0 Å². The van der Waals surface area contributed by atoms with Gasteiger partial charge in [-0.05, 0) is 43.4 Å². The van der Waals surface area contributed by atoms with Crippen molar-refractivity contribution >= 4 is 58.2 Å². The van der Waals surface area contributed by atoms with Gasteiger partial charge in [0.2, 0.25) is 47.3 Å². The molecule has 346 valence electrons. The maximum Gasteiger partial charge on any atom is 0.249 e. The largest absolute Gasteiger partial charge is 0.361 e. The quantitative estimate of drug-likeness (QED) is 0.0428. The van der Waals surface area contributed by atoms with Crippen molar-refractivity contribution in [2.24, 2.45) is 11.8 Å². The first-order valence-corrected chi connectivity index (χ1v) is 21.3. The lowest BCUT2D eigenvalue weighted by atomic mass is 10.0. The second-order valence-electron chi connectivity index (χ2n) is 16.3. The number of amides is 8. The van der Waals surface area contributed by atoms with Crippen molar-refractivity contribution < 1.29 is 38.4 Å². The summed E-state index contributed by atoms with van der Waals surface area (Å²) >= 11 is 0. The Hall–Kier alpha value is -6.90. The third-order valence-electron chi connectivity index (χ3n) is 10.2. The van der Waals surface area contributed by atoms with Gasteiger partial charge in [-0.3, -0.25) is 43.7 Å². The SMILES string of the molecule is CCN[C@@H](CC(C)C)C(=O)NC(=O)[C@H](Cc1cnc[nH]1)NC(=O)CNC(=O)[C@@H](NC(=O)[C@H](C)NC(=O)[C@H](Cc1c[nH]c2ccccc12)NC(=O)[C@H](Cc1cnc[nH]1)NC(C)=O)C(C)C. The molecule has 0 saturated heterocycles. The summed E-state index contributed by atoms with van der Waals surface area (Å²) in [6.45, 7) is 11.7. The number of carbonyl (C=O) groups excluding carboxylic acids is 8. The molecule has 1 aromatic carbocycles. The number of likely N-dealkylation sites (N-methyl/N-ethyl adjacent to an activating group) is 1. The molecule has 6 atom stereocenters. The highest BCUT2D eigenvalue weighted by molar-refractivity contribution is 6.02. The van der Waals surface area contributed by atoms with Gasteiger partial charge in [-0.15, -0.1) is 0 Å². The van der Waals surface area contributed by atoms with E-state index in [1.54, 1.807) is 20.0 Å². The summed E-state index contributed by atoms with van der Waals surface area (Å²) in [6, 6.07) is 0.926. The molecule has 11 N–H and O–H groups in total. The highest BCUT2D eigenvalue weighted by atomic mass is 16.2. The van der Waals surface area contributed by atoms with Crippen molar-refractivity contribution in [3.63, 3.8) is 0 Å². The molecule has 0 spiro atoms. The number of benzene rings is 1. The van der Waals surface area contributed by atoms with Gasteiger partial charge in [0.25, 0.3) is 0 Å². The number of nitrogens with one attached hydrogen (secondary N) is 11. The van der Waals surface area contributed by atoms with E-state index >= 15 is 0 Å². The molecule has 21 heteroatoms. The normalized spacial score (nSPS) is 14.1. The monoisotopic (exact) mass is 887 g/mol. The molecule has 0 aliphatic carbocycles. The molecule has 0 bridgehead atoms. The summed E-state index contributed by atoms with van der Waals surface area (Å²) in [5.41, 5.74) is 2.60. The molecule has 8 amide bonds. The summed E-state index contributed by atoms with van der Waals surface area (Å²) in [5, 5.41) is 22.0. The van der Waals surface area contributed by atoms with E-state index in [1.807, 2.05) is 45.0 Å². The van der Waals surface area contributed by atoms with Gasteiger partial charge in [-0.1, -0.05) is 52.8 Å². The molecule has 3 aromatic heterocycles. The van der Waals surface area contributed by atoms with Crippen LogP contribution in [0.5, 0.6) is 0 Å². The van der Waals surface area contributed by atoms with Gasteiger partial charge in [0.05, 0.1) is 25.2 Å². The lowest BCUT2D eigenvalue weighted by molar-refractivity contribution is -0.135. The zero-order chi connectivity index (χ0) is 46.9. The fourth-order valence-electron chi connectivity index (χ4n) is 6.91. The van der Waals surface area contributed by atoms with Gasteiger partial charge in [-0.2, -0.15) is 0 Å². The number of rotatable bonds is 24. The number of H-pyrrole nitrogens is 3. The number of fused-ring (bicyclic) bond motifs is 1. The number of imide groups is 1. The Morgan fingerprint density at radius 1 is 0.641 bits per heavy atom. The molecule has 0 fully saturated rings. The van der Waals surface area contributed by atoms with Crippen LogP contribution in [0, 0.1) is 11.8 Å². The van der Waals surface area contributed by atoms with Crippen molar-refractivity contribution in [3.05, 3.63) is 72.5 Å². The average molecular weight is 888 g/mol. The van der Waals surface area contributed by atoms with Crippen LogP contribution in [0.2, 0.25) is 0 Å². The van der Waals surface area contributed by atoms with Crippen LogP contribution in [0.15, 0.2) is 55.5 Å². The van der Waals surface area contributed by atoms with Gasteiger partial charge in [0.15, 0.2) is 0 Å². The number of hydrogen-bond donors (Lipinski definition) is 11. The molecule has 64 heavy (non-hydrogen) atoms. The van der Waals surface area contributed by atoms with Crippen molar-refractivity contribution in [1.29, 1.82) is 0 Å². The van der Waals surface area contributed by atoms with Crippen LogP contribution < -0.4 is 42.5 Å². The highest BCUT2D eigenvalue weighted by Gasteiger charge is 2.32. The van der Waals surface area contributed by atoms with E-state index in [4.69, 9.17) is 0 Å². The van der Waals surface area contributed by atoms with Crippen LogP contribution in [0.25, 0.3) is 10.9 Å². The predicted octanol–water partition coefficient (Wildman–Crippen LogP) is -0.455. The molecular weight excluding hydrogens is 827 g/mol. The van der Waals surface area contributed by atoms with Crippen LogP contribution in [0.3, 0.4) is 0 Å². The minimum atomic E-state index is -1.21. The van der Waals surface area contributed by atoms with Crippen LogP contribution in [-0.2, 0) is 57.6 Å². The molecule has 3 heterocycles.